The van der Waals surface area contributed by atoms with Crippen LogP contribution in [0.15, 0.2) is 23.9 Å². The van der Waals surface area contributed by atoms with Gasteiger partial charge in [0.1, 0.15) is 0 Å². The molecule has 1 nitrogen and oxygen atoms in total. The Morgan fingerprint density at radius 1 is 1.31 bits per heavy atom. The summed E-state index contributed by atoms with van der Waals surface area (Å²) in [5.41, 5.74) is 1.07. The molecule has 0 aliphatic rings. The van der Waals surface area contributed by atoms with Crippen LogP contribution in [0.1, 0.15) is 13.8 Å². The Kier molecular flexibility index (Phi) is 4.65. The maximum atomic E-state index is 5.63. The predicted molar refractivity (Wildman–Crippen MR) is 62.7 cm³/mol. The van der Waals surface area contributed by atoms with E-state index in [-0.39, 0.29) is 6.10 Å². The van der Waals surface area contributed by atoms with E-state index in [1.807, 2.05) is 6.92 Å². The SMILES string of the molecule is C=C(C)COC(C)C(=C)[Si](C)(C)C. The summed E-state index contributed by atoms with van der Waals surface area (Å²) in [5.74, 6) is 0. The molecule has 0 fully saturated rings. The van der Waals surface area contributed by atoms with Crippen LogP contribution in [0.4, 0.5) is 0 Å². The highest BCUT2D eigenvalue weighted by molar-refractivity contribution is 6.83. The van der Waals surface area contributed by atoms with Gasteiger partial charge in [-0.25, -0.2) is 0 Å². The molecule has 1 unspecified atom stereocenters. The van der Waals surface area contributed by atoms with E-state index < -0.39 is 8.07 Å². The van der Waals surface area contributed by atoms with E-state index in [2.05, 4.69) is 39.7 Å². The zero-order valence-electron chi connectivity index (χ0n) is 9.61. The molecule has 0 aromatic carbocycles. The van der Waals surface area contributed by atoms with Crippen molar-refractivity contribution in [1.29, 1.82) is 0 Å². The fraction of sp³-hybridized carbons (Fsp3) is 0.636. The lowest BCUT2D eigenvalue weighted by molar-refractivity contribution is 0.114. The summed E-state index contributed by atoms with van der Waals surface area (Å²) in [4.78, 5) is 0. The summed E-state index contributed by atoms with van der Waals surface area (Å²) in [6.07, 6.45) is 0.170. The molecule has 0 saturated heterocycles. The Labute approximate surface area is 83.5 Å². The molecule has 0 aliphatic carbocycles. The van der Waals surface area contributed by atoms with Gasteiger partial charge in [0.25, 0.3) is 0 Å². The van der Waals surface area contributed by atoms with Crippen LogP contribution >= 0.6 is 0 Å². The molecule has 0 aromatic rings. The van der Waals surface area contributed by atoms with Gasteiger partial charge >= 0.3 is 0 Å². The van der Waals surface area contributed by atoms with E-state index >= 15 is 0 Å². The molecule has 76 valence electrons. The fourth-order valence-corrected chi connectivity index (χ4v) is 2.28. The molecule has 0 aromatic heterocycles. The van der Waals surface area contributed by atoms with Crippen molar-refractivity contribution in [3.8, 4) is 0 Å². The Bertz CT molecular complexity index is 201. The largest absolute Gasteiger partial charge is 0.370 e. The zero-order chi connectivity index (χ0) is 10.6. The number of ether oxygens (including phenoxy) is 1. The second-order valence-corrected chi connectivity index (χ2v) is 9.83. The first-order valence-electron chi connectivity index (χ1n) is 4.70. The molecule has 0 N–H and O–H groups in total. The van der Waals surface area contributed by atoms with E-state index in [4.69, 9.17) is 4.74 Å². The Hall–Kier alpha value is -0.343. The molecule has 0 heterocycles. The van der Waals surface area contributed by atoms with E-state index in [0.717, 1.165) is 5.57 Å². The first-order chi connectivity index (χ1) is 5.75. The molecule has 0 rings (SSSR count). The molecular weight excluding hydrogens is 176 g/mol. The number of hydrogen-bond acceptors (Lipinski definition) is 1. The van der Waals surface area contributed by atoms with Crippen LogP contribution in [0, 0.1) is 0 Å². The molecular formula is C11H22OSi. The van der Waals surface area contributed by atoms with Gasteiger partial charge in [-0.15, -0.1) is 6.58 Å². The number of rotatable bonds is 5. The van der Waals surface area contributed by atoms with Gasteiger partial charge in [0, 0.05) is 0 Å². The molecule has 0 amide bonds. The van der Waals surface area contributed by atoms with Crippen molar-refractivity contribution in [3.63, 3.8) is 0 Å². The van der Waals surface area contributed by atoms with Crippen molar-refractivity contribution >= 4 is 8.07 Å². The van der Waals surface area contributed by atoms with Crippen LogP contribution in [0.3, 0.4) is 0 Å². The minimum atomic E-state index is -1.24. The maximum absolute atomic E-state index is 5.63. The second-order valence-electron chi connectivity index (χ2n) is 4.69. The highest BCUT2D eigenvalue weighted by Crippen LogP contribution is 2.18. The highest BCUT2D eigenvalue weighted by atomic mass is 28.3. The lowest BCUT2D eigenvalue weighted by atomic mass is 10.3. The summed E-state index contributed by atoms with van der Waals surface area (Å²) < 4.78 is 5.63. The lowest BCUT2D eigenvalue weighted by Gasteiger charge is -2.25. The Balaban J connectivity index is 4.05. The van der Waals surface area contributed by atoms with Crippen molar-refractivity contribution < 1.29 is 4.74 Å². The smallest absolute Gasteiger partial charge is 0.0750 e. The molecule has 0 radical (unpaired) electrons. The summed E-state index contributed by atoms with van der Waals surface area (Å²) in [5, 5.41) is 1.27. The first kappa shape index (κ1) is 12.7. The molecule has 0 saturated carbocycles. The number of hydrogen-bond donors (Lipinski definition) is 0. The average molecular weight is 198 g/mol. The lowest BCUT2D eigenvalue weighted by Crippen LogP contribution is -2.31. The molecule has 0 bridgehead atoms. The van der Waals surface area contributed by atoms with Crippen LogP contribution in [0.5, 0.6) is 0 Å². The predicted octanol–water partition coefficient (Wildman–Crippen LogP) is 3.40. The quantitative estimate of drug-likeness (QED) is 0.486. The van der Waals surface area contributed by atoms with Gasteiger partial charge in [-0.2, -0.15) is 0 Å². The van der Waals surface area contributed by atoms with Crippen LogP contribution in [-0.4, -0.2) is 20.8 Å². The molecule has 1 atom stereocenters. The normalized spacial score (nSPS) is 13.9. The Morgan fingerprint density at radius 3 is 2.08 bits per heavy atom. The van der Waals surface area contributed by atoms with Gasteiger partial charge in [-0.3, -0.25) is 0 Å². The van der Waals surface area contributed by atoms with Crippen molar-refractivity contribution in [2.24, 2.45) is 0 Å². The minimum absolute atomic E-state index is 0.170. The third-order valence-electron chi connectivity index (χ3n) is 2.03. The topological polar surface area (TPSA) is 9.23 Å². The fourth-order valence-electron chi connectivity index (χ4n) is 0.978. The summed E-state index contributed by atoms with van der Waals surface area (Å²) in [7, 11) is -1.24. The van der Waals surface area contributed by atoms with Gasteiger partial charge in [0.05, 0.1) is 20.8 Å². The molecule has 2 heteroatoms. The van der Waals surface area contributed by atoms with Crippen LogP contribution < -0.4 is 0 Å². The van der Waals surface area contributed by atoms with Gasteiger partial charge in [-0.1, -0.05) is 37.0 Å². The summed E-state index contributed by atoms with van der Waals surface area (Å²) in [6.45, 7) is 19.5. The van der Waals surface area contributed by atoms with Crippen molar-refractivity contribution in [3.05, 3.63) is 23.9 Å². The first-order valence-corrected chi connectivity index (χ1v) is 8.20. The van der Waals surface area contributed by atoms with Crippen molar-refractivity contribution in [1.82, 2.24) is 0 Å². The van der Waals surface area contributed by atoms with Crippen molar-refractivity contribution in [2.45, 2.75) is 39.6 Å². The van der Waals surface area contributed by atoms with E-state index in [1.165, 1.54) is 5.20 Å². The summed E-state index contributed by atoms with van der Waals surface area (Å²) in [6, 6.07) is 0. The van der Waals surface area contributed by atoms with Gasteiger partial charge < -0.3 is 4.74 Å². The van der Waals surface area contributed by atoms with Crippen molar-refractivity contribution in [2.75, 3.05) is 6.61 Å². The second kappa shape index (κ2) is 4.77. The van der Waals surface area contributed by atoms with E-state index in [1.54, 1.807) is 0 Å². The monoisotopic (exact) mass is 198 g/mol. The standard InChI is InChI=1S/C11H22OSi/c1-9(2)8-12-10(3)11(4)13(5,6)7/h10H,1,4,8H2,2-3,5-7H3. The highest BCUT2D eigenvalue weighted by Gasteiger charge is 2.22. The molecule has 0 spiro atoms. The van der Waals surface area contributed by atoms with E-state index in [9.17, 15) is 0 Å². The van der Waals surface area contributed by atoms with Gasteiger partial charge in [0.15, 0.2) is 0 Å². The van der Waals surface area contributed by atoms with E-state index in [0.29, 0.717) is 6.61 Å². The Morgan fingerprint density at radius 2 is 1.77 bits per heavy atom. The third kappa shape index (κ3) is 5.06. The van der Waals surface area contributed by atoms with Gasteiger partial charge in [0.2, 0.25) is 0 Å². The van der Waals surface area contributed by atoms with Crippen LogP contribution in [-0.2, 0) is 4.74 Å². The third-order valence-corrected chi connectivity index (χ3v) is 4.37. The van der Waals surface area contributed by atoms with Crippen LogP contribution in [0.25, 0.3) is 0 Å². The summed E-state index contributed by atoms with van der Waals surface area (Å²) >= 11 is 0. The van der Waals surface area contributed by atoms with Gasteiger partial charge in [-0.05, 0) is 13.8 Å². The average Bonchev–Trinajstić information content (AvgIpc) is 1.96. The van der Waals surface area contributed by atoms with Crippen LogP contribution in [0.2, 0.25) is 19.6 Å². The zero-order valence-corrected chi connectivity index (χ0v) is 10.6. The maximum Gasteiger partial charge on any atom is 0.0750 e. The molecule has 0 aliphatic heterocycles. The minimum Gasteiger partial charge on any atom is -0.370 e. The molecule has 13 heavy (non-hydrogen) atoms.